The molecule has 2 unspecified atom stereocenters. The number of aliphatic hydroxyl groups is 1. The van der Waals surface area contributed by atoms with Gasteiger partial charge in [-0.3, -0.25) is 0 Å². The van der Waals surface area contributed by atoms with Gasteiger partial charge >= 0.3 is 0 Å². The average molecular weight is 264 g/mol. The Balaban J connectivity index is 1.77. The van der Waals surface area contributed by atoms with Crippen molar-refractivity contribution in [1.82, 2.24) is 0 Å². The van der Waals surface area contributed by atoms with Crippen LogP contribution in [-0.2, 0) is 4.74 Å². The second-order valence-electron chi connectivity index (χ2n) is 6.08. The largest absolute Gasteiger partial charge is 0.388 e. The first-order valence-electron chi connectivity index (χ1n) is 7.18. The van der Waals surface area contributed by atoms with Crippen molar-refractivity contribution in [3.8, 4) is 0 Å². The van der Waals surface area contributed by atoms with Gasteiger partial charge in [0, 0.05) is 6.61 Å². The SMILES string of the molecule is Cc1cc(F)ccc1C(O)C1CCOC2(CCC2)C1. The molecule has 1 heterocycles. The van der Waals surface area contributed by atoms with Crippen molar-refractivity contribution in [1.29, 1.82) is 0 Å². The minimum absolute atomic E-state index is 0.0395. The third kappa shape index (κ3) is 2.41. The lowest BCUT2D eigenvalue weighted by Gasteiger charge is -2.48. The quantitative estimate of drug-likeness (QED) is 0.885. The lowest BCUT2D eigenvalue weighted by Crippen LogP contribution is -2.46. The van der Waals surface area contributed by atoms with Crippen molar-refractivity contribution < 1.29 is 14.2 Å². The van der Waals surface area contributed by atoms with Gasteiger partial charge in [0.1, 0.15) is 5.82 Å². The summed E-state index contributed by atoms with van der Waals surface area (Å²) >= 11 is 0. The van der Waals surface area contributed by atoms with E-state index in [1.54, 1.807) is 6.07 Å². The third-order valence-corrected chi connectivity index (χ3v) is 4.79. The van der Waals surface area contributed by atoms with Crippen molar-refractivity contribution in [2.24, 2.45) is 5.92 Å². The highest BCUT2D eigenvalue weighted by molar-refractivity contribution is 5.29. The molecule has 1 aromatic carbocycles. The molecule has 104 valence electrons. The summed E-state index contributed by atoms with van der Waals surface area (Å²) in [6.45, 7) is 2.60. The fraction of sp³-hybridized carbons (Fsp3) is 0.625. The molecule has 3 rings (SSSR count). The molecular formula is C16H21FO2. The standard InChI is InChI=1S/C16H21FO2/c1-11-9-13(17)3-4-14(11)15(18)12-5-8-19-16(10-12)6-2-7-16/h3-4,9,12,15,18H,2,5-8,10H2,1H3. The molecular weight excluding hydrogens is 243 g/mol. The fourth-order valence-corrected chi connectivity index (χ4v) is 3.48. The maximum Gasteiger partial charge on any atom is 0.123 e. The van der Waals surface area contributed by atoms with Crippen molar-refractivity contribution in [2.75, 3.05) is 6.61 Å². The molecule has 1 aliphatic carbocycles. The van der Waals surface area contributed by atoms with E-state index in [4.69, 9.17) is 4.74 Å². The zero-order chi connectivity index (χ0) is 13.5. The summed E-state index contributed by atoms with van der Waals surface area (Å²) in [6, 6.07) is 4.65. The van der Waals surface area contributed by atoms with Gasteiger partial charge in [0.25, 0.3) is 0 Å². The molecule has 1 spiro atoms. The van der Waals surface area contributed by atoms with Gasteiger partial charge in [-0.25, -0.2) is 4.39 Å². The van der Waals surface area contributed by atoms with E-state index in [1.165, 1.54) is 18.6 Å². The monoisotopic (exact) mass is 264 g/mol. The van der Waals surface area contributed by atoms with Crippen LogP contribution >= 0.6 is 0 Å². The van der Waals surface area contributed by atoms with Gasteiger partial charge in [-0.1, -0.05) is 6.07 Å². The Kier molecular flexibility index (Phi) is 3.35. The van der Waals surface area contributed by atoms with Crippen LogP contribution < -0.4 is 0 Å². The number of benzene rings is 1. The zero-order valence-electron chi connectivity index (χ0n) is 11.4. The Morgan fingerprint density at radius 3 is 2.84 bits per heavy atom. The molecule has 0 radical (unpaired) electrons. The summed E-state index contributed by atoms with van der Waals surface area (Å²) in [5, 5.41) is 10.6. The Morgan fingerprint density at radius 2 is 2.21 bits per heavy atom. The zero-order valence-corrected chi connectivity index (χ0v) is 11.4. The van der Waals surface area contributed by atoms with E-state index in [0.29, 0.717) is 0 Å². The Labute approximate surface area is 113 Å². The number of hydrogen-bond donors (Lipinski definition) is 1. The highest BCUT2D eigenvalue weighted by Crippen LogP contribution is 2.47. The lowest BCUT2D eigenvalue weighted by atomic mass is 9.70. The molecule has 0 aromatic heterocycles. The van der Waals surface area contributed by atoms with E-state index < -0.39 is 6.10 Å². The summed E-state index contributed by atoms with van der Waals surface area (Å²) < 4.78 is 19.0. The highest BCUT2D eigenvalue weighted by Gasteiger charge is 2.44. The average Bonchev–Trinajstić information content (AvgIpc) is 2.36. The van der Waals surface area contributed by atoms with Crippen molar-refractivity contribution in [2.45, 2.75) is 50.7 Å². The second kappa shape index (κ2) is 4.88. The van der Waals surface area contributed by atoms with E-state index in [2.05, 4.69) is 0 Å². The third-order valence-electron chi connectivity index (χ3n) is 4.79. The molecule has 1 aromatic rings. The first-order chi connectivity index (χ1) is 9.10. The Hall–Kier alpha value is -0.930. The van der Waals surface area contributed by atoms with Gasteiger partial charge in [-0.05, 0) is 68.2 Å². The maximum atomic E-state index is 13.1. The van der Waals surface area contributed by atoms with Crippen LogP contribution in [0.15, 0.2) is 18.2 Å². The minimum atomic E-state index is -0.498. The first-order valence-corrected chi connectivity index (χ1v) is 7.18. The van der Waals surface area contributed by atoms with Gasteiger partial charge in [0.05, 0.1) is 11.7 Å². The highest BCUT2D eigenvalue weighted by atomic mass is 19.1. The van der Waals surface area contributed by atoms with Crippen LogP contribution in [0.2, 0.25) is 0 Å². The minimum Gasteiger partial charge on any atom is -0.388 e. The topological polar surface area (TPSA) is 29.5 Å². The van der Waals surface area contributed by atoms with Crippen LogP contribution in [0.4, 0.5) is 4.39 Å². The molecule has 2 aliphatic rings. The molecule has 1 saturated heterocycles. The molecule has 0 bridgehead atoms. The summed E-state index contributed by atoms with van der Waals surface area (Å²) in [5.74, 6) is -0.00546. The molecule has 1 saturated carbocycles. The van der Waals surface area contributed by atoms with Gasteiger partial charge in [0.2, 0.25) is 0 Å². The Morgan fingerprint density at radius 1 is 1.42 bits per heavy atom. The van der Waals surface area contributed by atoms with E-state index in [0.717, 1.165) is 43.4 Å². The van der Waals surface area contributed by atoms with Gasteiger partial charge in [-0.2, -0.15) is 0 Å². The predicted octanol–water partition coefficient (Wildman–Crippen LogP) is 3.52. The van der Waals surface area contributed by atoms with Crippen LogP contribution in [0.1, 0.15) is 49.3 Å². The summed E-state index contributed by atoms with van der Waals surface area (Å²) in [5.41, 5.74) is 1.74. The second-order valence-corrected chi connectivity index (χ2v) is 6.08. The number of aryl methyl sites for hydroxylation is 1. The number of rotatable bonds is 2. The Bertz CT molecular complexity index is 468. The van der Waals surface area contributed by atoms with Gasteiger partial charge in [0.15, 0.2) is 0 Å². The van der Waals surface area contributed by atoms with Crippen LogP contribution in [0, 0.1) is 18.7 Å². The molecule has 2 atom stereocenters. The number of hydrogen-bond acceptors (Lipinski definition) is 2. The number of ether oxygens (including phenoxy) is 1. The van der Waals surface area contributed by atoms with Crippen molar-refractivity contribution >= 4 is 0 Å². The van der Waals surface area contributed by atoms with Crippen LogP contribution in [0.25, 0.3) is 0 Å². The van der Waals surface area contributed by atoms with Crippen LogP contribution in [0.3, 0.4) is 0 Å². The molecule has 2 fully saturated rings. The van der Waals surface area contributed by atoms with E-state index in [-0.39, 0.29) is 17.3 Å². The predicted molar refractivity (Wildman–Crippen MR) is 71.4 cm³/mol. The summed E-state index contributed by atoms with van der Waals surface area (Å²) in [7, 11) is 0. The van der Waals surface area contributed by atoms with Crippen molar-refractivity contribution in [3.05, 3.63) is 35.1 Å². The molecule has 2 nitrogen and oxygen atoms in total. The normalized spacial score (nSPS) is 27.0. The molecule has 0 amide bonds. The number of aliphatic hydroxyl groups excluding tert-OH is 1. The summed E-state index contributed by atoms with van der Waals surface area (Å²) in [4.78, 5) is 0. The van der Waals surface area contributed by atoms with Gasteiger partial charge < -0.3 is 9.84 Å². The maximum absolute atomic E-state index is 13.1. The molecule has 1 N–H and O–H groups in total. The van der Waals surface area contributed by atoms with E-state index >= 15 is 0 Å². The smallest absolute Gasteiger partial charge is 0.123 e. The lowest BCUT2D eigenvalue weighted by molar-refractivity contribution is -0.157. The molecule has 3 heteroatoms. The van der Waals surface area contributed by atoms with Gasteiger partial charge in [-0.15, -0.1) is 0 Å². The van der Waals surface area contributed by atoms with Crippen molar-refractivity contribution in [3.63, 3.8) is 0 Å². The first kappa shape index (κ1) is 13.1. The van der Waals surface area contributed by atoms with E-state index in [1.807, 2.05) is 6.92 Å². The van der Waals surface area contributed by atoms with E-state index in [9.17, 15) is 9.50 Å². The fourth-order valence-electron chi connectivity index (χ4n) is 3.48. The molecule has 19 heavy (non-hydrogen) atoms. The van der Waals surface area contributed by atoms with Crippen LogP contribution in [0.5, 0.6) is 0 Å². The number of halogens is 1. The van der Waals surface area contributed by atoms with Crippen LogP contribution in [-0.4, -0.2) is 17.3 Å². The summed E-state index contributed by atoms with van der Waals surface area (Å²) in [6.07, 6.45) is 4.81. The molecule has 1 aliphatic heterocycles.